The Morgan fingerprint density at radius 2 is 1.92 bits per heavy atom. The molecule has 2 saturated heterocycles. The van der Waals surface area contributed by atoms with Crippen LogP contribution in [0.25, 0.3) is 10.9 Å². The lowest BCUT2D eigenvalue weighted by atomic mass is 9.90. The number of primary amides is 1. The molecule has 5 N–H and O–H groups in total. The van der Waals surface area contributed by atoms with E-state index < -0.39 is 29.8 Å². The molecule has 4 amide bonds. The third-order valence-electron chi connectivity index (χ3n) is 7.57. The van der Waals surface area contributed by atoms with Crippen LogP contribution in [0, 0.1) is 5.92 Å². The number of nitrogens with one attached hydrogen (secondary N) is 3. The summed E-state index contributed by atoms with van der Waals surface area (Å²) in [6, 6.07) is 14.9. The normalized spacial score (nSPS) is 21.8. The average molecular weight is 518 g/mol. The molecule has 10 nitrogen and oxygen atoms in total. The van der Waals surface area contributed by atoms with Crippen LogP contribution in [-0.4, -0.2) is 65.8 Å². The second kappa shape index (κ2) is 10.6. The fraction of sp³-hybridized carbons (Fsp3) is 0.357. The van der Waals surface area contributed by atoms with Crippen molar-refractivity contribution in [2.24, 2.45) is 11.7 Å². The number of aromatic nitrogens is 1. The van der Waals surface area contributed by atoms with Crippen LogP contribution in [0.4, 0.5) is 0 Å². The van der Waals surface area contributed by atoms with Crippen LogP contribution < -0.4 is 21.1 Å². The van der Waals surface area contributed by atoms with Crippen molar-refractivity contribution in [3.63, 3.8) is 0 Å². The number of nitrogens with zero attached hydrogens (tertiary/aromatic N) is 1. The minimum Gasteiger partial charge on any atom is -0.496 e. The molecule has 4 unspecified atom stereocenters. The van der Waals surface area contributed by atoms with Gasteiger partial charge in [0.1, 0.15) is 23.5 Å². The van der Waals surface area contributed by atoms with Gasteiger partial charge in [-0.15, -0.1) is 0 Å². The van der Waals surface area contributed by atoms with Crippen molar-refractivity contribution >= 4 is 34.5 Å². The first kappa shape index (κ1) is 25.3. The predicted molar refractivity (Wildman–Crippen MR) is 140 cm³/mol. The first-order chi connectivity index (χ1) is 18.4. The minimum atomic E-state index is -1.03. The van der Waals surface area contributed by atoms with Gasteiger partial charge in [-0.1, -0.05) is 36.4 Å². The predicted octanol–water partition coefficient (Wildman–Crippen LogP) is 1.67. The van der Waals surface area contributed by atoms with Crippen molar-refractivity contribution < 1.29 is 23.9 Å². The lowest BCUT2D eigenvalue weighted by Gasteiger charge is -2.29. The number of hydrogen-bond acceptors (Lipinski definition) is 5. The number of fused-ring (bicyclic) bond motifs is 1. The van der Waals surface area contributed by atoms with Crippen LogP contribution in [0.1, 0.15) is 41.2 Å². The molecule has 0 bridgehead atoms. The Bertz CT molecular complexity index is 1370. The second-order valence-corrected chi connectivity index (χ2v) is 9.83. The van der Waals surface area contributed by atoms with Crippen LogP contribution in [0.15, 0.2) is 54.6 Å². The molecule has 4 atom stereocenters. The molecule has 2 aliphatic heterocycles. The molecule has 5 rings (SSSR count). The quantitative estimate of drug-likeness (QED) is 0.359. The highest BCUT2D eigenvalue weighted by atomic mass is 16.5. The highest BCUT2D eigenvalue weighted by Gasteiger charge is 2.44. The third-order valence-corrected chi connectivity index (χ3v) is 7.57. The van der Waals surface area contributed by atoms with Gasteiger partial charge in [-0.25, -0.2) is 0 Å². The largest absolute Gasteiger partial charge is 0.496 e. The lowest BCUT2D eigenvalue weighted by Crippen LogP contribution is -2.54. The number of carbonyl (C=O) groups is 4. The zero-order valence-corrected chi connectivity index (χ0v) is 21.1. The zero-order chi connectivity index (χ0) is 26.8. The van der Waals surface area contributed by atoms with E-state index >= 15 is 0 Å². The Morgan fingerprint density at radius 3 is 2.61 bits per heavy atom. The lowest BCUT2D eigenvalue weighted by molar-refractivity contribution is -0.131. The Hall–Kier alpha value is -4.34. The van der Waals surface area contributed by atoms with Gasteiger partial charge < -0.3 is 31.0 Å². The van der Waals surface area contributed by atoms with Gasteiger partial charge in [0.15, 0.2) is 0 Å². The molecule has 0 radical (unpaired) electrons. The van der Waals surface area contributed by atoms with Gasteiger partial charge in [0, 0.05) is 35.8 Å². The highest BCUT2D eigenvalue weighted by molar-refractivity contribution is 6.02. The van der Waals surface area contributed by atoms with Gasteiger partial charge in [-0.05, 0) is 43.0 Å². The van der Waals surface area contributed by atoms with Crippen LogP contribution in [0.3, 0.4) is 0 Å². The molecule has 1 aromatic heterocycles. The minimum absolute atomic E-state index is 0.116. The van der Waals surface area contributed by atoms with E-state index in [2.05, 4.69) is 15.6 Å². The molecular formula is C28H31N5O5. The maximum atomic E-state index is 13.8. The molecular weight excluding hydrogens is 486 g/mol. The Balaban J connectivity index is 1.44. The molecule has 0 saturated carbocycles. The molecule has 2 fully saturated rings. The number of likely N-dealkylation sites (tertiary alicyclic amines) is 1. The summed E-state index contributed by atoms with van der Waals surface area (Å²) in [5.41, 5.74) is 7.63. The van der Waals surface area contributed by atoms with Gasteiger partial charge in [-0.2, -0.15) is 0 Å². The van der Waals surface area contributed by atoms with E-state index in [1.54, 1.807) is 18.1 Å². The van der Waals surface area contributed by atoms with E-state index in [1.165, 1.54) is 0 Å². The van der Waals surface area contributed by atoms with Crippen molar-refractivity contribution in [3.05, 3.63) is 65.9 Å². The molecule has 3 aromatic rings. The number of rotatable bonds is 8. The van der Waals surface area contributed by atoms with Gasteiger partial charge in [0.25, 0.3) is 5.91 Å². The van der Waals surface area contributed by atoms with E-state index in [0.29, 0.717) is 37.4 Å². The number of aromatic amines is 1. The zero-order valence-electron chi connectivity index (χ0n) is 21.1. The number of H-pyrrole nitrogens is 1. The van der Waals surface area contributed by atoms with Crippen LogP contribution in [0.5, 0.6) is 5.75 Å². The van der Waals surface area contributed by atoms with Crippen molar-refractivity contribution in [2.45, 2.75) is 37.3 Å². The van der Waals surface area contributed by atoms with Crippen molar-refractivity contribution in [1.82, 2.24) is 20.5 Å². The Kier molecular flexibility index (Phi) is 7.04. The maximum Gasteiger partial charge on any atom is 0.271 e. The number of carbonyl (C=O) groups excluding carboxylic acids is 4. The number of hydrogen-bond donors (Lipinski definition) is 4. The first-order valence-corrected chi connectivity index (χ1v) is 12.8. The molecule has 2 aliphatic rings. The molecule has 2 aromatic carbocycles. The highest BCUT2D eigenvalue weighted by Crippen LogP contribution is 2.36. The van der Waals surface area contributed by atoms with Crippen LogP contribution in [-0.2, 0) is 14.4 Å². The average Bonchev–Trinajstić information content (AvgIpc) is 3.66. The number of methoxy groups -OCH3 is 1. The summed E-state index contributed by atoms with van der Waals surface area (Å²) in [6.45, 7) is 0.883. The fourth-order valence-corrected chi connectivity index (χ4v) is 5.63. The molecule has 3 heterocycles. The van der Waals surface area contributed by atoms with Crippen molar-refractivity contribution in [2.75, 3.05) is 20.2 Å². The molecule has 38 heavy (non-hydrogen) atoms. The summed E-state index contributed by atoms with van der Waals surface area (Å²) in [7, 11) is 1.57. The summed E-state index contributed by atoms with van der Waals surface area (Å²) in [5.74, 6) is -1.71. The van der Waals surface area contributed by atoms with Gasteiger partial charge in [0.05, 0.1) is 7.11 Å². The van der Waals surface area contributed by atoms with E-state index in [0.717, 1.165) is 16.5 Å². The maximum absolute atomic E-state index is 13.8. The number of ether oxygens (including phenoxy) is 1. The summed E-state index contributed by atoms with van der Waals surface area (Å²) in [4.78, 5) is 56.6. The molecule has 10 heteroatoms. The second-order valence-electron chi connectivity index (χ2n) is 9.83. The van der Waals surface area contributed by atoms with Crippen LogP contribution in [0.2, 0.25) is 0 Å². The summed E-state index contributed by atoms with van der Waals surface area (Å²) in [5, 5.41) is 6.28. The summed E-state index contributed by atoms with van der Waals surface area (Å²) < 4.78 is 5.43. The van der Waals surface area contributed by atoms with E-state index in [1.807, 2.05) is 48.5 Å². The number of nitrogens with two attached hydrogens (primary N) is 1. The van der Waals surface area contributed by atoms with Crippen LogP contribution >= 0.6 is 0 Å². The molecule has 0 aliphatic carbocycles. The monoisotopic (exact) mass is 517 g/mol. The fourth-order valence-electron chi connectivity index (χ4n) is 5.63. The topological polar surface area (TPSA) is 147 Å². The smallest absolute Gasteiger partial charge is 0.271 e. The number of benzene rings is 2. The third kappa shape index (κ3) is 4.81. The van der Waals surface area contributed by atoms with E-state index in [9.17, 15) is 19.2 Å². The van der Waals surface area contributed by atoms with E-state index in [-0.39, 0.29) is 24.2 Å². The molecule has 198 valence electrons. The summed E-state index contributed by atoms with van der Waals surface area (Å²) in [6.07, 6.45) is 1.26. The standard InChI is InChI=1S/C28H31N5O5/c1-38-23-9-5-8-20-19(23)15-22(31-20)28(37)33-13-11-18(16-6-3-2-4-7-16)24(33)27(36)32-21(25(29)34)14-17-10-12-30-26(17)35/h2-9,15,17-18,21,24,31H,10-14H2,1H3,(H2,29,34)(H,30,35)(H,32,36). The Morgan fingerprint density at radius 1 is 1.13 bits per heavy atom. The summed E-state index contributed by atoms with van der Waals surface area (Å²) >= 11 is 0. The Labute approximate surface area is 219 Å². The van der Waals surface area contributed by atoms with E-state index in [4.69, 9.17) is 10.5 Å². The first-order valence-electron chi connectivity index (χ1n) is 12.8. The number of amides is 4. The van der Waals surface area contributed by atoms with Crippen molar-refractivity contribution in [3.8, 4) is 5.75 Å². The SMILES string of the molecule is COc1cccc2[nH]c(C(=O)N3CCC(c4ccccc4)C3C(=O)NC(CC3CCNC3=O)C(N)=O)cc12. The van der Waals surface area contributed by atoms with Crippen molar-refractivity contribution in [1.29, 1.82) is 0 Å². The van der Waals surface area contributed by atoms with Gasteiger partial charge in [-0.3, -0.25) is 19.2 Å². The molecule has 0 spiro atoms. The van der Waals surface area contributed by atoms with Gasteiger partial charge in [0.2, 0.25) is 17.7 Å². The van der Waals surface area contributed by atoms with Gasteiger partial charge >= 0.3 is 0 Å².